The number of hydrogen-bond acceptors (Lipinski definition) is 2. The van der Waals surface area contributed by atoms with Gasteiger partial charge in [0.1, 0.15) is 0 Å². The summed E-state index contributed by atoms with van der Waals surface area (Å²) < 4.78 is 0. The van der Waals surface area contributed by atoms with Gasteiger partial charge >= 0.3 is 0 Å². The van der Waals surface area contributed by atoms with Crippen LogP contribution in [0.1, 0.15) is 66.2 Å². The van der Waals surface area contributed by atoms with Gasteiger partial charge in [0.15, 0.2) is 0 Å². The number of carbonyl (C=O) groups is 1. The van der Waals surface area contributed by atoms with Crippen molar-refractivity contribution in [2.24, 2.45) is 28.9 Å². The Morgan fingerprint density at radius 2 is 1.86 bits per heavy atom. The van der Waals surface area contributed by atoms with Crippen molar-refractivity contribution < 1.29 is 4.79 Å². The molecule has 1 heterocycles. The van der Waals surface area contributed by atoms with E-state index < -0.39 is 0 Å². The molecule has 21 heavy (non-hydrogen) atoms. The van der Waals surface area contributed by atoms with Gasteiger partial charge in [0.2, 0.25) is 5.91 Å². The fourth-order valence-corrected chi connectivity index (χ4v) is 4.11. The molecule has 0 aromatic heterocycles. The molecule has 0 bridgehead atoms. The van der Waals surface area contributed by atoms with Crippen LogP contribution >= 0.6 is 0 Å². The summed E-state index contributed by atoms with van der Waals surface area (Å²) in [5.74, 6) is 1.93. The molecule has 3 nitrogen and oxygen atoms in total. The summed E-state index contributed by atoms with van der Waals surface area (Å²) >= 11 is 0. The lowest BCUT2D eigenvalue weighted by Gasteiger charge is -2.42. The van der Waals surface area contributed by atoms with Gasteiger partial charge in [-0.1, -0.05) is 40.5 Å². The highest BCUT2D eigenvalue weighted by molar-refractivity contribution is 5.80. The van der Waals surface area contributed by atoms with E-state index in [2.05, 4.69) is 32.6 Å². The van der Waals surface area contributed by atoms with Crippen LogP contribution < -0.4 is 5.73 Å². The van der Waals surface area contributed by atoms with Crippen LogP contribution in [0.15, 0.2) is 0 Å². The molecule has 2 rings (SSSR count). The molecular formula is C18H34N2O. The minimum Gasteiger partial charge on any atom is -0.342 e. The van der Waals surface area contributed by atoms with Crippen molar-refractivity contribution in [2.75, 3.05) is 13.1 Å². The summed E-state index contributed by atoms with van der Waals surface area (Å²) in [5, 5.41) is 0. The van der Waals surface area contributed by atoms with E-state index in [1.54, 1.807) is 0 Å². The van der Waals surface area contributed by atoms with Crippen molar-refractivity contribution in [2.45, 2.75) is 72.3 Å². The maximum Gasteiger partial charge on any atom is 0.227 e. The fraction of sp³-hybridized carbons (Fsp3) is 0.944. The van der Waals surface area contributed by atoms with Crippen molar-refractivity contribution >= 4 is 5.91 Å². The fourth-order valence-electron chi connectivity index (χ4n) is 4.11. The van der Waals surface area contributed by atoms with Crippen molar-refractivity contribution in [3.8, 4) is 0 Å². The molecule has 0 radical (unpaired) electrons. The van der Waals surface area contributed by atoms with E-state index in [-0.39, 0.29) is 12.0 Å². The van der Waals surface area contributed by atoms with Gasteiger partial charge in [-0.3, -0.25) is 4.79 Å². The monoisotopic (exact) mass is 294 g/mol. The Morgan fingerprint density at radius 1 is 1.24 bits per heavy atom. The summed E-state index contributed by atoms with van der Waals surface area (Å²) in [6, 6.07) is 0.105. The summed E-state index contributed by atoms with van der Waals surface area (Å²) in [6.45, 7) is 11.3. The molecule has 2 fully saturated rings. The van der Waals surface area contributed by atoms with E-state index in [4.69, 9.17) is 5.73 Å². The zero-order valence-electron chi connectivity index (χ0n) is 14.4. The highest BCUT2D eigenvalue weighted by atomic mass is 16.2. The van der Waals surface area contributed by atoms with Gasteiger partial charge in [-0.2, -0.15) is 0 Å². The number of nitrogens with two attached hydrogens (primary N) is 1. The van der Waals surface area contributed by atoms with Crippen molar-refractivity contribution in [3.05, 3.63) is 0 Å². The number of nitrogens with zero attached hydrogens (tertiary/aromatic N) is 1. The van der Waals surface area contributed by atoms with Gasteiger partial charge in [0.05, 0.1) is 5.92 Å². The first-order valence-electron chi connectivity index (χ1n) is 8.91. The second-order valence-electron chi connectivity index (χ2n) is 7.99. The molecule has 3 atom stereocenters. The van der Waals surface area contributed by atoms with E-state index in [0.29, 0.717) is 11.3 Å². The Kier molecular flexibility index (Phi) is 5.34. The number of amides is 1. The number of likely N-dealkylation sites (tertiary alicyclic amines) is 1. The van der Waals surface area contributed by atoms with Gasteiger partial charge in [0.25, 0.3) is 0 Å². The standard InChI is InChI=1S/C18H34N2O/c1-5-18(3,4)13(2)14-9-11-20(12-10-14)17(21)15-7-6-8-16(15)19/h13-16H,5-12,19H2,1-4H3/t13-,15-,16+/m1/s1. The Hall–Kier alpha value is -0.570. The topological polar surface area (TPSA) is 46.3 Å². The first-order valence-corrected chi connectivity index (χ1v) is 8.91. The minimum absolute atomic E-state index is 0.103. The van der Waals surface area contributed by atoms with Gasteiger partial charge in [-0.25, -0.2) is 0 Å². The number of carbonyl (C=O) groups excluding carboxylic acids is 1. The number of hydrogen-bond donors (Lipinski definition) is 1. The molecule has 122 valence electrons. The van der Waals surface area contributed by atoms with E-state index in [1.165, 1.54) is 6.42 Å². The van der Waals surface area contributed by atoms with Crippen LogP contribution in [-0.2, 0) is 4.79 Å². The molecule has 0 spiro atoms. The molecule has 0 aromatic carbocycles. The smallest absolute Gasteiger partial charge is 0.227 e. The average Bonchev–Trinajstić information content (AvgIpc) is 2.92. The van der Waals surface area contributed by atoms with Crippen LogP contribution in [0, 0.1) is 23.2 Å². The van der Waals surface area contributed by atoms with E-state index in [9.17, 15) is 4.79 Å². The SMILES string of the molecule is CCC(C)(C)[C@H](C)C1CCN(C(=O)[C@@H]2CCC[C@@H]2N)CC1. The zero-order valence-corrected chi connectivity index (χ0v) is 14.4. The summed E-state index contributed by atoms with van der Waals surface area (Å²) in [5.41, 5.74) is 6.50. The Balaban J connectivity index is 1.87. The molecule has 0 aromatic rings. The molecule has 1 aliphatic heterocycles. The normalized spacial score (nSPS) is 29.7. The minimum atomic E-state index is 0.103. The average molecular weight is 294 g/mol. The predicted molar refractivity (Wildman–Crippen MR) is 87.9 cm³/mol. The largest absolute Gasteiger partial charge is 0.342 e. The predicted octanol–water partition coefficient (Wildman–Crippen LogP) is 3.42. The maximum atomic E-state index is 12.6. The Bertz CT molecular complexity index is 358. The third-order valence-corrected chi connectivity index (χ3v) is 6.59. The Morgan fingerprint density at radius 3 is 2.33 bits per heavy atom. The van der Waals surface area contributed by atoms with Crippen LogP contribution in [0.25, 0.3) is 0 Å². The molecule has 1 aliphatic carbocycles. The van der Waals surface area contributed by atoms with Crippen LogP contribution in [-0.4, -0.2) is 29.9 Å². The molecular weight excluding hydrogens is 260 g/mol. The molecule has 3 heteroatoms. The van der Waals surface area contributed by atoms with E-state index in [0.717, 1.165) is 57.0 Å². The van der Waals surface area contributed by atoms with Crippen molar-refractivity contribution in [1.82, 2.24) is 4.90 Å². The molecule has 1 amide bonds. The lowest BCUT2D eigenvalue weighted by molar-refractivity contribution is -0.137. The number of rotatable bonds is 4. The zero-order chi connectivity index (χ0) is 15.6. The third-order valence-electron chi connectivity index (χ3n) is 6.59. The van der Waals surface area contributed by atoms with Crippen LogP contribution in [0.2, 0.25) is 0 Å². The summed E-state index contributed by atoms with van der Waals surface area (Å²) in [6.07, 6.45) is 6.70. The lowest BCUT2D eigenvalue weighted by Crippen LogP contribution is -2.46. The molecule has 2 N–H and O–H groups in total. The molecule has 0 unspecified atom stereocenters. The highest BCUT2D eigenvalue weighted by Crippen LogP contribution is 2.40. The van der Waals surface area contributed by atoms with Crippen LogP contribution in [0.5, 0.6) is 0 Å². The first kappa shape index (κ1) is 16.8. The van der Waals surface area contributed by atoms with Crippen molar-refractivity contribution in [1.29, 1.82) is 0 Å². The summed E-state index contributed by atoms with van der Waals surface area (Å²) in [7, 11) is 0. The van der Waals surface area contributed by atoms with E-state index in [1.807, 2.05) is 0 Å². The second kappa shape index (κ2) is 6.68. The lowest BCUT2D eigenvalue weighted by atomic mass is 9.68. The first-order chi connectivity index (χ1) is 9.86. The third kappa shape index (κ3) is 3.61. The van der Waals surface area contributed by atoms with Gasteiger partial charge in [-0.15, -0.1) is 0 Å². The maximum absolute atomic E-state index is 12.6. The summed E-state index contributed by atoms with van der Waals surface area (Å²) in [4.78, 5) is 14.7. The van der Waals surface area contributed by atoms with Gasteiger partial charge in [0, 0.05) is 19.1 Å². The second-order valence-corrected chi connectivity index (χ2v) is 7.99. The van der Waals surface area contributed by atoms with Gasteiger partial charge < -0.3 is 10.6 Å². The number of piperidine rings is 1. The quantitative estimate of drug-likeness (QED) is 0.863. The molecule has 2 aliphatic rings. The van der Waals surface area contributed by atoms with Crippen LogP contribution in [0.3, 0.4) is 0 Å². The molecule has 1 saturated heterocycles. The highest BCUT2D eigenvalue weighted by Gasteiger charge is 2.37. The van der Waals surface area contributed by atoms with Crippen molar-refractivity contribution in [3.63, 3.8) is 0 Å². The van der Waals surface area contributed by atoms with Crippen LogP contribution in [0.4, 0.5) is 0 Å². The molecule has 1 saturated carbocycles. The van der Waals surface area contributed by atoms with E-state index >= 15 is 0 Å². The Labute approximate surface area is 130 Å². The van der Waals surface area contributed by atoms with Gasteiger partial charge in [-0.05, 0) is 42.9 Å².